The Balaban J connectivity index is 0. The van der Waals surface area contributed by atoms with Crippen LogP contribution in [-0.2, 0) is 29.0 Å². The van der Waals surface area contributed by atoms with Crippen molar-refractivity contribution in [2.75, 3.05) is 0 Å². The zero-order valence-corrected chi connectivity index (χ0v) is 8.88. The van der Waals surface area contributed by atoms with Crippen molar-refractivity contribution in [3.8, 4) is 0 Å². The van der Waals surface area contributed by atoms with Crippen molar-refractivity contribution in [1.82, 2.24) is 0 Å². The average Bonchev–Trinajstić information content (AvgIpc) is 1.96. The molecule has 0 fully saturated rings. The van der Waals surface area contributed by atoms with Gasteiger partial charge in [0.05, 0.1) is 12.8 Å². The van der Waals surface area contributed by atoms with Crippen LogP contribution < -0.4 is 0 Å². The molecule has 0 radical (unpaired) electrons. The van der Waals surface area contributed by atoms with Crippen molar-refractivity contribution in [3.05, 3.63) is 0 Å². The van der Waals surface area contributed by atoms with Crippen LogP contribution >= 0.6 is 0 Å². The fraction of sp³-hybridized carbons (Fsp3) is 0.500. The molecule has 0 aliphatic heterocycles. The van der Waals surface area contributed by atoms with Gasteiger partial charge in [0.25, 0.3) is 0 Å². The number of aliphatic hydroxyl groups is 1. The normalized spacial score (nSPS) is 13.9. The molecule has 0 saturated carbocycles. The van der Waals surface area contributed by atoms with Gasteiger partial charge in [0, 0.05) is 0 Å². The van der Waals surface area contributed by atoms with E-state index in [-0.39, 0.29) is 29.6 Å². The minimum absolute atomic E-state index is 0. The Kier molecular flexibility index (Phi) is 7.64. The number of hydrogen-bond donors (Lipinski definition) is 4. The predicted molar refractivity (Wildman–Crippen MR) is 54.2 cm³/mol. The second-order valence-electron chi connectivity index (χ2n) is 2.97. The molecule has 0 rings (SSSR count). The molecular weight excluding hydrogens is 287 g/mol. The average molecular weight is 296 g/mol. The molecule has 100 valence electrons. The van der Waals surface area contributed by atoms with E-state index in [1.807, 2.05) is 0 Å². The van der Waals surface area contributed by atoms with E-state index in [0.717, 1.165) is 0 Å². The fourth-order valence-corrected chi connectivity index (χ4v) is 1.14. The van der Waals surface area contributed by atoms with E-state index in [1.165, 1.54) is 0 Å². The third-order valence-corrected chi connectivity index (χ3v) is 1.87. The molecule has 12 heteroatoms. The van der Waals surface area contributed by atoms with Gasteiger partial charge in [-0.05, 0) is 0 Å². The molecule has 0 heterocycles. The molecular formula is C6H9NaO10S. The molecule has 1 unspecified atom stereocenters. The van der Waals surface area contributed by atoms with Crippen LogP contribution in [0.15, 0.2) is 0 Å². The summed E-state index contributed by atoms with van der Waals surface area (Å²) in [6.45, 7) is 0. The van der Waals surface area contributed by atoms with Gasteiger partial charge in [0.15, 0.2) is 5.60 Å². The van der Waals surface area contributed by atoms with Crippen molar-refractivity contribution < 1.29 is 46.9 Å². The molecule has 0 aromatic carbocycles. The summed E-state index contributed by atoms with van der Waals surface area (Å²) in [5.41, 5.74) is -3.02. The first-order valence-electron chi connectivity index (χ1n) is 3.83. The molecule has 0 aromatic heterocycles. The van der Waals surface area contributed by atoms with Crippen LogP contribution in [0.2, 0.25) is 0 Å². The SMILES string of the molecule is O=C(O)CC(O)(CC(=O)OS(=O)(=O)O)C(=O)O.[NaH]. The molecule has 18 heavy (non-hydrogen) atoms. The van der Waals surface area contributed by atoms with E-state index in [9.17, 15) is 27.9 Å². The van der Waals surface area contributed by atoms with E-state index in [2.05, 4.69) is 4.18 Å². The summed E-state index contributed by atoms with van der Waals surface area (Å²) < 4.78 is 31.6. The Morgan fingerprint density at radius 1 is 1.11 bits per heavy atom. The van der Waals surface area contributed by atoms with Crippen molar-refractivity contribution in [3.63, 3.8) is 0 Å². The number of carbonyl (C=O) groups is 3. The standard InChI is InChI=1S/C6H8O10S.Na.H/c7-3(8)1-6(12,5(10)11)2-4(9)16-17(13,14)15;;/h12H,1-2H2,(H,7,8)(H,10,11)(H,13,14,15);;. The van der Waals surface area contributed by atoms with Gasteiger partial charge < -0.3 is 19.5 Å². The zero-order valence-electron chi connectivity index (χ0n) is 8.06. The van der Waals surface area contributed by atoms with Crippen molar-refractivity contribution in [2.24, 2.45) is 0 Å². The number of carboxylic acids is 2. The number of carboxylic acid groups (broad SMARTS) is 2. The molecule has 0 spiro atoms. The fourth-order valence-electron chi connectivity index (χ4n) is 0.850. The molecule has 1 atom stereocenters. The molecule has 0 aromatic rings. The van der Waals surface area contributed by atoms with Crippen LogP contribution in [0.4, 0.5) is 0 Å². The zero-order chi connectivity index (χ0) is 13.9. The van der Waals surface area contributed by atoms with Crippen molar-refractivity contribution >= 4 is 57.9 Å². The number of aliphatic carboxylic acids is 2. The van der Waals surface area contributed by atoms with Crippen LogP contribution in [0.25, 0.3) is 0 Å². The minimum atomic E-state index is -5.15. The van der Waals surface area contributed by atoms with Crippen LogP contribution in [0.5, 0.6) is 0 Å². The summed E-state index contributed by atoms with van der Waals surface area (Å²) in [6, 6.07) is 0. The van der Waals surface area contributed by atoms with Crippen molar-refractivity contribution in [2.45, 2.75) is 18.4 Å². The first-order chi connectivity index (χ1) is 7.46. The van der Waals surface area contributed by atoms with E-state index >= 15 is 0 Å². The number of hydrogen-bond acceptors (Lipinski definition) is 7. The Bertz CT molecular complexity index is 441. The van der Waals surface area contributed by atoms with Crippen LogP contribution in [0.3, 0.4) is 0 Å². The summed E-state index contributed by atoms with van der Waals surface area (Å²) >= 11 is 0. The van der Waals surface area contributed by atoms with Gasteiger partial charge in [0.2, 0.25) is 0 Å². The number of rotatable bonds is 6. The van der Waals surface area contributed by atoms with Gasteiger partial charge in [-0.3, -0.25) is 14.1 Å². The molecule has 4 N–H and O–H groups in total. The summed E-state index contributed by atoms with van der Waals surface area (Å²) in [7, 11) is -5.15. The first-order valence-corrected chi connectivity index (χ1v) is 5.20. The summed E-state index contributed by atoms with van der Waals surface area (Å²) in [5.74, 6) is -5.58. The molecule has 0 amide bonds. The van der Waals surface area contributed by atoms with Gasteiger partial charge in [-0.1, -0.05) is 0 Å². The maximum atomic E-state index is 10.8. The summed E-state index contributed by atoms with van der Waals surface area (Å²) in [6.07, 6.45) is -2.79. The van der Waals surface area contributed by atoms with Gasteiger partial charge in [-0.25, -0.2) is 4.79 Å². The Morgan fingerprint density at radius 2 is 1.56 bits per heavy atom. The van der Waals surface area contributed by atoms with Gasteiger partial charge in [-0.15, -0.1) is 0 Å². The van der Waals surface area contributed by atoms with E-state index < -0.39 is 46.7 Å². The molecule has 0 bridgehead atoms. The molecule has 0 aliphatic rings. The van der Waals surface area contributed by atoms with Gasteiger partial charge >= 0.3 is 57.9 Å². The van der Waals surface area contributed by atoms with Crippen LogP contribution in [0, 0.1) is 0 Å². The topological polar surface area (TPSA) is 175 Å². The second-order valence-corrected chi connectivity index (χ2v) is 3.99. The third kappa shape index (κ3) is 7.58. The monoisotopic (exact) mass is 296 g/mol. The molecule has 0 aliphatic carbocycles. The second kappa shape index (κ2) is 7.01. The van der Waals surface area contributed by atoms with E-state index in [1.54, 1.807) is 0 Å². The van der Waals surface area contributed by atoms with Gasteiger partial charge in [-0.2, -0.15) is 8.42 Å². The molecule has 0 saturated heterocycles. The van der Waals surface area contributed by atoms with Crippen molar-refractivity contribution in [1.29, 1.82) is 0 Å². The first kappa shape index (κ1) is 19.6. The maximum absolute atomic E-state index is 10.8. The molecule has 10 nitrogen and oxygen atoms in total. The van der Waals surface area contributed by atoms with Crippen LogP contribution in [-0.4, -0.2) is 81.4 Å². The van der Waals surface area contributed by atoms with Crippen LogP contribution in [0.1, 0.15) is 12.8 Å². The van der Waals surface area contributed by atoms with E-state index in [0.29, 0.717) is 0 Å². The third-order valence-electron chi connectivity index (χ3n) is 1.48. The Hall–Kier alpha value is -0.720. The Labute approximate surface area is 123 Å². The summed E-state index contributed by atoms with van der Waals surface area (Å²) in [5, 5.41) is 26.1. The summed E-state index contributed by atoms with van der Waals surface area (Å²) in [4.78, 5) is 31.6. The Morgan fingerprint density at radius 3 is 1.83 bits per heavy atom. The van der Waals surface area contributed by atoms with Gasteiger partial charge in [0.1, 0.15) is 0 Å². The predicted octanol–water partition coefficient (Wildman–Crippen LogP) is -2.64. The van der Waals surface area contributed by atoms with E-state index in [4.69, 9.17) is 14.8 Å². The number of carbonyl (C=O) groups excluding carboxylic acids is 1. The quantitative estimate of drug-likeness (QED) is 0.299.